The standard InChI is InChI=1S/C20H16N4O3S/c21-16-4-1-3-14(9-16)13-24-20(25)19-7-6-17(10-15(19)11-23-24)28(26,27)18-5-2-8-22-12-18/h1-12H,13,21H2. The predicted molar refractivity (Wildman–Crippen MR) is 106 cm³/mol. The highest BCUT2D eigenvalue weighted by molar-refractivity contribution is 7.91. The van der Waals surface area contributed by atoms with E-state index in [0.717, 1.165) is 5.56 Å². The molecular weight excluding hydrogens is 376 g/mol. The van der Waals surface area contributed by atoms with Crippen LogP contribution in [0, 0.1) is 0 Å². The van der Waals surface area contributed by atoms with Crippen LogP contribution >= 0.6 is 0 Å². The first-order chi connectivity index (χ1) is 13.4. The molecule has 0 bridgehead atoms. The van der Waals surface area contributed by atoms with Crippen LogP contribution in [0.15, 0.2) is 87.8 Å². The molecule has 0 fully saturated rings. The lowest BCUT2D eigenvalue weighted by molar-refractivity contribution is 0.595. The van der Waals surface area contributed by atoms with Gasteiger partial charge in [-0.1, -0.05) is 12.1 Å². The Kier molecular flexibility index (Phi) is 4.40. The number of sulfone groups is 1. The summed E-state index contributed by atoms with van der Waals surface area (Å²) in [4.78, 5) is 16.8. The van der Waals surface area contributed by atoms with Crippen LogP contribution in [0.1, 0.15) is 5.56 Å². The van der Waals surface area contributed by atoms with Crippen LogP contribution in [0.3, 0.4) is 0 Å². The minimum absolute atomic E-state index is 0.0859. The number of fused-ring (bicyclic) bond motifs is 1. The van der Waals surface area contributed by atoms with Gasteiger partial charge in [-0.2, -0.15) is 5.10 Å². The minimum Gasteiger partial charge on any atom is -0.399 e. The molecule has 0 radical (unpaired) electrons. The summed E-state index contributed by atoms with van der Waals surface area (Å²) in [6, 6.07) is 14.7. The molecule has 0 unspecified atom stereocenters. The molecule has 0 amide bonds. The van der Waals surface area contributed by atoms with Crippen LogP contribution in [0.25, 0.3) is 10.8 Å². The quantitative estimate of drug-likeness (QED) is 0.534. The van der Waals surface area contributed by atoms with Crippen LogP contribution in [0.2, 0.25) is 0 Å². The van der Waals surface area contributed by atoms with Gasteiger partial charge in [0, 0.05) is 23.5 Å². The van der Waals surface area contributed by atoms with Crippen molar-refractivity contribution in [2.24, 2.45) is 0 Å². The maximum atomic E-state index is 12.8. The lowest BCUT2D eigenvalue weighted by Crippen LogP contribution is -2.23. The lowest BCUT2D eigenvalue weighted by Gasteiger charge is -2.08. The van der Waals surface area contributed by atoms with Gasteiger partial charge in [0.25, 0.3) is 5.56 Å². The van der Waals surface area contributed by atoms with Gasteiger partial charge < -0.3 is 5.73 Å². The second-order valence-corrected chi connectivity index (χ2v) is 8.24. The van der Waals surface area contributed by atoms with E-state index in [2.05, 4.69) is 10.1 Å². The van der Waals surface area contributed by atoms with Crippen LogP contribution in [0.5, 0.6) is 0 Å². The molecule has 7 nitrogen and oxygen atoms in total. The third-order valence-electron chi connectivity index (χ3n) is 4.36. The van der Waals surface area contributed by atoms with Crippen molar-refractivity contribution >= 4 is 26.3 Å². The molecule has 2 aromatic carbocycles. The van der Waals surface area contributed by atoms with E-state index in [1.54, 1.807) is 18.2 Å². The van der Waals surface area contributed by atoms with Crippen LogP contribution in [-0.2, 0) is 16.4 Å². The van der Waals surface area contributed by atoms with Crippen molar-refractivity contribution in [1.82, 2.24) is 14.8 Å². The predicted octanol–water partition coefficient (Wildman–Crippen LogP) is 2.25. The van der Waals surface area contributed by atoms with Crippen LogP contribution in [0.4, 0.5) is 5.69 Å². The molecule has 4 rings (SSSR count). The van der Waals surface area contributed by atoms with Crippen molar-refractivity contribution in [2.75, 3.05) is 5.73 Å². The molecule has 0 aliphatic heterocycles. The van der Waals surface area contributed by atoms with Crippen molar-refractivity contribution in [2.45, 2.75) is 16.3 Å². The number of anilines is 1. The fourth-order valence-electron chi connectivity index (χ4n) is 2.95. The number of aromatic nitrogens is 3. The minimum atomic E-state index is -3.72. The first-order valence-corrected chi connectivity index (χ1v) is 9.93. The third kappa shape index (κ3) is 3.25. The molecule has 2 aromatic heterocycles. The fraction of sp³-hybridized carbons (Fsp3) is 0.0500. The second-order valence-electron chi connectivity index (χ2n) is 6.29. The summed E-state index contributed by atoms with van der Waals surface area (Å²) in [7, 11) is -3.72. The average molecular weight is 392 g/mol. The molecule has 2 N–H and O–H groups in total. The van der Waals surface area contributed by atoms with Crippen LogP contribution < -0.4 is 11.3 Å². The molecule has 0 saturated carbocycles. The van der Waals surface area contributed by atoms with Gasteiger partial charge in [0.1, 0.15) is 0 Å². The summed E-state index contributed by atoms with van der Waals surface area (Å²) in [5.41, 5.74) is 6.94. The molecule has 0 saturated heterocycles. The second kappa shape index (κ2) is 6.90. The van der Waals surface area contributed by atoms with Crippen molar-refractivity contribution < 1.29 is 8.42 Å². The topological polar surface area (TPSA) is 108 Å². The third-order valence-corrected chi connectivity index (χ3v) is 6.10. The maximum absolute atomic E-state index is 12.8. The average Bonchev–Trinajstić information content (AvgIpc) is 2.70. The molecule has 8 heteroatoms. The van der Waals surface area contributed by atoms with Crippen molar-refractivity contribution in [3.63, 3.8) is 0 Å². The highest BCUT2D eigenvalue weighted by atomic mass is 32.2. The van der Waals surface area contributed by atoms with Gasteiger partial charge in [0.15, 0.2) is 0 Å². The molecule has 140 valence electrons. The van der Waals surface area contributed by atoms with Gasteiger partial charge in [0.05, 0.1) is 27.9 Å². The monoisotopic (exact) mass is 392 g/mol. The molecule has 0 atom stereocenters. The Morgan fingerprint density at radius 1 is 0.964 bits per heavy atom. The summed E-state index contributed by atoms with van der Waals surface area (Å²) < 4.78 is 26.8. The SMILES string of the molecule is Nc1cccc(Cn2ncc3cc(S(=O)(=O)c4cccnc4)ccc3c2=O)c1. The first-order valence-electron chi connectivity index (χ1n) is 8.44. The maximum Gasteiger partial charge on any atom is 0.274 e. The van der Waals surface area contributed by atoms with Gasteiger partial charge in [-0.15, -0.1) is 0 Å². The highest BCUT2D eigenvalue weighted by Gasteiger charge is 2.18. The Hall–Kier alpha value is -3.52. The molecule has 2 heterocycles. The number of benzene rings is 2. The van der Waals surface area contributed by atoms with Gasteiger partial charge in [-0.3, -0.25) is 9.78 Å². The fourth-order valence-corrected chi connectivity index (χ4v) is 4.21. The zero-order valence-corrected chi connectivity index (χ0v) is 15.5. The smallest absolute Gasteiger partial charge is 0.274 e. The Morgan fingerprint density at radius 3 is 2.57 bits per heavy atom. The van der Waals surface area contributed by atoms with Crippen molar-refractivity contribution in [3.05, 3.63) is 89.1 Å². The lowest BCUT2D eigenvalue weighted by atomic mass is 10.2. The Balaban J connectivity index is 1.75. The number of hydrogen-bond acceptors (Lipinski definition) is 6. The zero-order valence-electron chi connectivity index (χ0n) is 14.7. The van der Waals surface area contributed by atoms with Gasteiger partial charge in [0.2, 0.25) is 9.84 Å². The molecule has 0 aliphatic rings. The van der Waals surface area contributed by atoms with E-state index in [-0.39, 0.29) is 21.9 Å². The molecule has 0 aliphatic carbocycles. The normalized spacial score (nSPS) is 11.6. The molecule has 4 aromatic rings. The molecule has 0 spiro atoms. The number of pyridine rings is 1. The summed E-state index contributed by atoms with van der Waals surface area (Å²) in [6.07, 6.45) is 4.29. The van der Waals surface area contributed by atoms with Gasteiger partial charge in [-0.05, 0) is 48.0 Å². The largest absolute Gasteiger partial charge is 0.399 e. The molecular formula is C20H16N4O3S. The van der Waals surface area contributed by atoms with Crippen LogP contribution in [-0.4, -0.2) is 23.2 Å². The van der Waals surface area contributed by atoms with E-state index in [1.807, 2.05) is 12.1 Å². The summed E-state index contributed by atoms with van der Waals surface area (Å²) in [5.74, 6) is 0. The van der Waals surface area contributed by atoms with E-state index < -0.39 is 9.84 Å². The first kappa shape index (κ1) is 17.9. The van der Waals surface area contributed by atoms with E-state index in [0.29, 0.717) is 16.5 Å². The number of hydrogen-bond donors (Lipinski definition) is 1. The molecule has 28 heavy (non-hydrogen) atoms. The Labute approximate surface area is 161 Å². The zero-order chi connectivity index (χ0) is 19.7. The van der Waals surface area contributed by atoms with E-state index >= 15 is 0 Å². The van der Waals surface area contributed by atoms with E-state index in [4.69, 9.17) is 5.73 Å². The van der Waals surface area contributed by atoms with Crippen molar-refractivity contribution in [1.29, 1.82) is 0 Å². The van der Waals surface area contributed by atoms with E-state index in [9.17, 15) is 13.2 Å². The summed E-state index contributed by atoms with van der Waals surface area (Å²) >= 11 is 0. The van der Waals surface area contributed by atoms with Gasteiger partial charge in [-0.25, -0.2) is 13.1 Å². The number of rotatable bonds is 4. The summed E-state index contributed by atoms with van der Waals surface area (Å²) in [5, 5.41) is 5.03. The Bertz CT molecular complexity index is 1330. The van der Waals surface area contributed by atoms with Gasteiger partial charge >= 0.3 is 0 Å². The number of nitrogens with zero attached hydrogens (tertiary/aromatic N) is 3. The summed E-state index contributed by atoms with van der Waals surface area (Å²) in [6.45, 7) is 0.273. The number of nitrogen functional groups attached to an aromatic ring is 1. The highest BCUT2D eigenvalue weighted by Crippen LogP contribution is 2.22. The number of nitrogens with two attached hydrogens (primary N) is 1. The van der Waals surface area contributed by atoms with Crippen molar-refractivity contribution in [3.8, 4) is 0 Å². The van der Waals surface area contributed by atoms with E-state index in [1.165, 1.54) is 47.5 Å². The Morgan fingerprint density at radius 2 is 1.82 bits per heavy atom.